The molecule has 0 aliphatic heterocycles. The summed E-state index contributed by atoms with van der Waals surface area (Å²) >= 11 is 6.05. The average Bonchev–Trinajstić information content (AvgIpc) is 2.28. The molecule has 0 unspecified atom stereocenters. The summed E-state index contributed by atoms with van der Waals surface area (Å²) < 4.78 is 6.01. The molecule has 1 saturated carbocycles. The minimum Gasteiger partial charge on any atom is -0.474 e. The number of nitrogens with zero attached hydrogens (tertiary/aromatic N) is 2. The Hall–Kier alpha value is -0.830. The van der Waals surface area contributed by atoms with Crippen molar-refractivity contribution >= 4 is 11.6 Å². The van der Waals surface area contributed by atoms with Crippen LogP contribution in [0.25, 0.3) is 0 Å². The Kier molecular flexibility index (Phi) is 3.81. The van der Waals surface area contributed by atoms with Gasteiger partial charge in [-0.05, 0) is 44.9 Å². The van der Waals surface area contributed by atoms with E-state index in [-0.39, 0.29) is 6.10 Å². The molecule has 1 aromatic heterocycles. The minimum atomic E-state index is 0.266. The van der Waals surface area contributed by atoms with Gasteiger partial charge >= 0.3 is 0 Å². The number of rotatable bonds is 2. The van der Waals surface area contributed by atoms with Crippen LogP contribution in [-0.2, 0) is 0 Å². The van der Waals surface area contributed by atoms with Crippen LogP contribution in [0.4, 0.5) is 0 Å². The highest BCUT2D eigenvalue weighted by Gasteiger charge is 2.28. The summed E-state index contributed by atoms with van der Waals surface area (Å²) in [5.74, 6) is 1.31. The van der Waals surface area contributed by atoms with Crippen LogP contribution in [0.3, 0.4) is 0 Å². The molecule has 18 heavy (non-hydrogen) atoms. The summed E-state index contributed by atoms with van der Waals surface area (Å²) in [6, 6.07) is 0. The predicted molar refractivity (Wildman–Crippen MR) is 73.2 cm³/mol. The molecule has 0 atom stereocenters. The summed E-state index contributed by atoms with van der Waals surface area (Å²) in [5, 5.41) is 0.494. The molecule has 0 radical (unpaired) electrons. The molecule has 0 saturated heterocycles. The number of halogens is 1. The van der Waals surface area contributed by atoms with Crippen LogP contribution in [0.2, 0.25) is 5.15 Å². The second-order valence-electron chi connectivity index (χ2n) is 5.97. The van der Waals surface area contributed by atoms with E-state index in [0.717, 1.165) is 18.4 Å². The van der Waals surface area contributed by atoms with Crippen LogP contribution >= 0.6 is 11.6 Å². The highest BCUT2D eigenvalue weighted by molar-refractivity contribution is 6.30. The largest absolute Gasteiger partial charge is 0.474 e. The predicted octanol–water partition coefficient (Wildman–Crippen LogP) is 4.09. The van der Waals surface area contributed by atoms with Crippen LogP contribution in [0.1, 0.15) is 50.9 Å². The number of aryl methyl sites for hydroxylation is 1. The molecule has 4 heteroatoms. The molecule has 0 bridgehead atoms. The van der Waals surface area contributed by atoms with E-state index in [1.54, 1.807) is 0 Å². The maximum absolute atomic E-state index is 6.05. The first-order chi connectivity index (χ1) is 8.37. The second-order valence-corrected chi connectivity index (χ2v) is 6.33. The fourth-order valence-corrected chi connectivity index (χ4v) is 2.54. The summed E-state index contributed by atoms with van der Waals surface area (Å²) in [5.41, 5.74) is 1.29. The van der Waals surface area contributed by atoms with Crippen LogP contribution in [0.15, 0.2) is 0 Å². The summed E-state index contributed by atoms with van der Waals surface area (Å²) in [7, 11) is 0. The first kappa shape index (κ1) is 13.6. The molecule has 100 valence electrons. The fourth-order valence-electron chi connectivity index (χ4n) is 2.33. The topological polar surface area (TPSA) is 35.0 Å². The first-order valence-electron chi connectivity index (χ1n) is 6.55. The lowest BCUT2D eigenvalue weighted by Gasteiger charge is -2.34. The third-order valence-electron chi connectivity index (χ3n) is 3.72. The van der Waals surface area contributed by atoms with E-state index in [9.17, 15) is 0 Å². The Morgan fingerprint density at radius 1 is 1.17 bits per heavy atom. The van der Waals surface area contributed by atoms with Crippen molar-refractivity contribution in [3.05, 3.63) is 16.5 Å². The smallest absolute Gasteiger partial charge is 0.221 e. The average molecular weight is 269 g/mol. The Morgan fingerprint density at radius 3 is 2.39 bits per heavy atom. The van der Waals surface area contributed by atoms with Crippen molar-refractivity contribution in [2.24, 2.45) is 5.41 Å². The van der Waals surface area contributed by atoms with E-state index < -0.39 is 0 Å². The Morgan fingerprint density at radius 2 is 1.78 bits per heavy atom. The van der Waals surface area contributed by atoms with Gasteiger partial charge in [-0.3, -0.25) is 0 Å². The van der Waals surface area contributed by atoms with E-state index in [1.807, 2.05) is 13.8 Å². The zero-order valence-electron chi connectivity index (χ0n) is 11.6. The van der Waals surface area contributed by atoms with Crippen molar-refractivity contribution in [1.29, 1.82) is 0 Å². The molecule has 1 aromatic rings. The van der Waals surface area contributed by atoms with E-state index in [4.69, 9.17) is 16.3 Å². The minimum absolute atomic E-state index is 0.266. The van der Waals surface area contributed by atoms with Crippen LogP contribution in [-0.4, -0.2) is 16.1 Å². The van der Waals surface area contributed by atoms with Crippen molar-refractivity contribution in [3.8, 4) is 5.88 Å². The summed E-state index contributed by atoms with van der Waals surface area (Å²) in [4.78, 5) is 8.47. The van der Waals surface area contributed by atoms with Gasteiger partial charge in [-0.2, -0.15) is 4.98 Å². The van der Waals surface area contributed by atoms with E-state index in [0.29, 0.717) is 22.3 Å². The lowest BCUT2D eigenvalue weighted by atomic mass is 9.76. The van der Waals surface area contributed by atoms with Crippen molar-refractivity contribution in [2.75, 3.05) is 0 Å². The maximum atomic E-state index is 6.05. The van der Waals surface area contributed by atoms with Gasteiger partial charge < -0.3 is 4.74 Å². The lowest BCUT2D eigenvalue weighted by molar-refractivity contribution is 0.0939. The van der Waals surface area contributed by atoms with Gasteiger partial charge in [0, 0.05) is 5.56 Å². The van der Waals surface area contributed by atoms with E-state index in [1.165, 1.54) is 12.8 Å². The van der Waals surface area contributed by atoms with Crippen molar-refractivity contribution in [3.63, 3.8) is 0 Å². The quantitative estimate of drug-likeness (QED) is 0.758. The molecule has 0 N–H and O–H groups in total. The Balaban J connectivity index is 2.07. The zero-order chi connectivity index (χ0) is 13.3. The van der Waals surface area contributed by atoms with E-state index >= 15 is 0 Å². The van der Waals surface area contributed by atoms with Gasteiger partial charge in [-0.15, -0.1) is 0 Å². The number of aromatic nitrogens is 2. The maximum Gasteiger partial charge on any atom is 0.221 e. The number of hydrogen-bond acceptors (Lipinski definition) is 3. The Labute approximate surface area is 114 Å². The normalized spacial score (nSPS) is 19.8. The van der Waals surface area contributed by atoms with Gasteiger partial charge in [0.1, 0.15) is 17.1 Å². The molecule has 2 rings (SSSR count). The van der Waals surface area contributed by atoms with Gasteiger partial charge in [0.15, 0.2) is 0 Å². The fraction of sp³-hybridized carbons (Fsp3) is 0.714. The second kappa shape index (κ2) is 5.04. The van der Waals surface area contributed by atoms with E-state index in [2.05, 4.69) is 23.8 Å². The molecular formula is C14H21ClN2O. The van der Waals surface area contributed by atoms with Crippen molar-refractivity contribution < 1.29 is 4.74 Å². The van der Waals surface area contributed by atoms with Crippen molar-refractivity contribution in [2.45, 2.75) is 59.5 Å². The summed E-state index contributed by atoms with van der Waals surface area (Å²) in [6.45, 7) is 8.38. The van der Waals surface area contributed by atoms with Gasteiger partial charge in [0.05, 0.1) is 0 Å². The molecule has 1 aliphatic rings. The molecule has 1 heterocycles. The molecule has 1 fully saturated rings. The van der Waals surface area contributed by atoms with Gasteiger partial charge in [0.25, 0.3) is 0 Å². The van der Waals surface area contributed by atoms with Gasteiger partial charge in [-0.25, -0.2) is 4.98 Å². The molecule has 0 spiro atoms. The standard InChI is InChI=1S/C14H21ClN2O/c1-9-12(15)16-10(2)17-13(9)18-11-5-7-14(3,4)8-6-11/h11H,5-8H2,1-4H3. The molecule has 1 aliphatic carbocycles. The number of ether oxygens (including phenoxy) is 1. The van der Waals surface area contributed by atoms with Crippen molar-refractivity contribution in [1.82, 2.24) is 9.97 Å². The highest BCUT2D eigenvalue weighted by Crippen LogP contribution is 2.37. The molecule has 0 aromatic carbocycles. The molecule has 3 nitrogen and oxygen atoms in total. The summed E-state index contributed by atoms with van der Waals surface area (Å²) in [6.07, 6.45) is 4.85. The van der Waals surface area contributed by atoms with Crippen LogP contribution in [0, 0.1) is 19.3 Å². The highest BCUT2D eigenvalue weighted by atomic mass is 35.5. The van der Waals surface area contributed by atoms with Crippen LogP contribution in [0.5, 0.6) is 5.88 Å². The Bertz CT molecular complexity index is 436. The third kappa shape index (κ3) is 3.14. The zero-order valence-corrected chi connectivity index (χ0v) is 12.3. The number of hydrogen-bond donors (Lipinski definition) is 0. The SMILES string of the molecule is Cc1nc(Cl)c(C)c(OC2CCC(C)(C)CC2)n1. The van der Waals surface area contributed by atoms with Gasteiger partial charge in [0.2, 0.25) is 5.88 Å². The molecular weight excluding hydrogens is 248 g/mol. The monoisotopic (exact) mass is 268 g/mol. The van der Waals surface area contributed by atoms with Crippen LogP contribution < -0.4 is 4.74 Å². The van der Waals surface area contributed by atoms with Gasteiger partial charge in [-0.1, -0.05) is 25.4 Å². The first-order valence-corrected chi connectivity index (χ1v) is 6.92. The molecule has 0 amide bonds. The third-order valence-corrected chi connectivity index (χ3v) is 4.09. The lowest BCUT2D eigenvalue weighted by Crippen LogP contribution is -2.28.